The summed E-state index contributed by atoms with van der Waals surface area (Å²) in [6, 6.07) is 6.08. The highest BCUT2D eigenvalue weighted by molar-refractivity contribution is 7.99. The molecule has 1 aliphatic rings. The molecule has 2 heterocycles. The second-order valence-electron chi connectivity index (χ2n) is 5.82. The van der Waals surface area contributed by atoms with Crippen LogP contribution in [0, 0.1) is 5.82 Å². The molecular weight excluding hydrogens is 357 g/mol. The topological polar surface area (TPSA) is 72.3 Å². The summed E-state index contributed by atoms with van der Waals surface area (Å²) in [6.07, 6.45) is 0. The van der Waals surface area contributed by atoms with Gasteiger partial charge in [-0.15, -0.1) is 10.2 Å². The molecule has 1 saturated heterocycles. The zero-order chi connectivity index (χ0) is 18.4. The summed E-state index contributed by atoms with van der Waals surface area (Å²) in [5.41, 5.74) is 0.857. The molecule has 2 aromatic rings. The molecule has 0 bridgehead atoms. The molecule has 140 valence electrons. The number of hydrogen-bond acceptors (Lipinski definition) is 6. The van der Waals surface area contributed by atoms with Crippen molar-refractivity contribution in [3.63, 3.8) is 0 Å². The normalized spacial score (nSPS) is 14.5. The fourth-order valence-corrected chi connectivity index (χ4v) is 3.47. The summed E-state index contributed by atoms with van der Waals surface area (Å²) in [7, 11) is 0. The number of morpholine rings is 1. The number of ether oxygens (including phenoxy) is 1. The molecule has 0 radical (unpaired) electrons. The first-order valence-corrected chi connectivity index (χ1v) is 9.55. The number of hydrogen-bond donors (Lipinski definition) is 1. The van der Waals surface area contributed by atoms with Gasteiger partial charge in [-0.05, 0) is 24.6 Å². The molecule has 1 N–H and O–H groups in total. The number of nitrogens with one attached hydrogen (secondary N) is 1. The van der Waals surface area contributed by atoms with E-state index in [0.717, 1.165) is 36.3 Å². The average Bonchev–Trinajstić information content (AvgIpc) is 3.09. The fraction of sp³-hybridized carbons (Fsp3) is 0.471. The van der Waals surface area contributed by atoms with E-state index in [0.29, 0.717) is 19.8 Å². The van der Waals surface area contributed by atoms with Crippen molar-refractivity contribution in [2.24, 2.45) is 0 Å². The Balaban J connectivity index is 1.52. The maximum Gasteiger partial charge on any atom is 0.230 e. The van der Waals surface area contributed by atoms with E-state index >= 15 is 0 Å². The molecule has 1 aromatic heterocycles. The lowest BCUT2D eigenvalue weighted by atomic mass is 10.2. The van der Waals surface area contributed by atoms with Crippen LogP contribution in [-0.4, -0.2) is 52.7 Å². The standard InChI is InChI=1S/C17H22FN5O2S/c1-2-23-16(22-7-9-25-10-8-22)20-21-17(23)26-12-15(24)19-11-13-3-5-14(18)6-4-13/h3-6H,2,7-12H2,1H3,(H,19,24). The minimum atomic E-state index is -0.286. The van der Waals surface area contributed by atoms with Crippen LogP contribution in [-0.2, 0) is 22.6 Å². The van der Waals surface area contributed by atoms with Gasteiger partial charge in [-0.2, -0.15) is 0 Å². The van der Waals surface area contributed by atoms with E-state index in [1.165, 1.54) is 23.9 Å². The molecule has 1 fully saturated rings. The third-order valence-corrected chi connectivity index (χ3v) is 5.01. The number of carbonyl (C=O) groups is 1. The van der Waals surface area contributed by atoms with Crippen LogP contribution in [0.5, 0.6) is 0 Å². The number of anilines is 1. The van der Waals surface area contributed by atoms with Crippen LogP contribution in [0.3, 0.4) is 0 Å². The van der Waals surface area contributed by atoms with Crippen LogP contribution in [0.15, 0.2) is 29.4 Å². The Morgan fingerprint density at radius 2 is 2.00 bits per heavy atom. The number of carbonyl (C=O) groups excluding carboxylic acids is 1. The molecular formula is C17H22FN5O2S. The molecule has 0 atom stereocenters. The van der Waals surface area contributed by atoms with Gasteiger partial charge < -0.3 is 15.0 Å². The van der Waals surface area contributed by atoms with Gasteiger partial charge in [0.05, 0.1) is 19.0 Å². The summed E-state index contributed by atoms with van der Waals surface area (Å²) in [6.45, 7) is 6.10. The summed E-state index contributed by atoms with van der Waals surface area (Å²) in [5, 5.41) is 12.1. The highest BCUT2D eigenvalue weighted by Crippen LogP contribution is 2.22. The van der Waals surface area contributed by atoms with E-state index in [-0.39, 0.29) is 17.5 Å². The Kier molecular flexibility index (Phi) is 6.45. The first-order chi connectivity index (χ1) is 12.7. The van der Waals surface area contributed by atoms with E-state index in [2.05, 4.69) is 20.4 Å². The number of benzene rings is 1. The van der Waals surface area contributed by atoms with Gasteiger partial charge in [-0.3, -0.25) is 9.36 Å². The van der Waals surface area contributed by atoms with Crippen molar-refractivity contribution in [3.05, 3.63) is 35.6 Å². The Morgan fingerprint density at radius 3 is 2.69 bits per heavy atom. The summed E-state index contributed by atoms with van der Waals surface area (Å²) < 4.78 is 20.3. The number of thioether (sulfide) groups is 1. The van der Waals surface area contributed by atoms with Crippen molar-refractivity contribution < 1.29 is 13.9 Å². The lowest BCUT2D eigenvalue weighted by Crippen LogP contribution is -2.38. The van der Waals surface area contributed by atoms with Gasteiger partial charge in [-0.1, -0.05) is 23.9 Å². The van der Waals surface area contributed by atoms with Gasteiger partial charge in [-0.25, -0.2) is 4.39 Å². The van der Waals surface area contributed by atoms with E-state index in [9.17, 15) is 9.18 Å². The smallest absolute Gasteiger partial charge is 0.230 e. The largest absolute Gasteiger partial charge is 0.378 e. The maximum atomic E-state index is 12.9. The molecule has 0 unspecified atom stereocenters. The lowest BCUT2D eigenvalue weighted by molar-refractivity contribution is -0.118. The minimum absolute atomic E-state index is 0.0992. The predicted octanol–water partition coefficient (Wildman–Crippen LogP) is 1.68. The van der Waals surface area contributed by atoms with Crippen molar-refractivity contribution in [1.82, 2.24) is 20.1 Å². The molecule has 9 heteroatoms. The molecule has 3 rings (SSSR count). The molecule has 0 saturated carbocycles. The average molecular weight is 379 g/mol. The summed E-state index contributed by atoms with van der Waals surface area (Å²) in [4.78, 5) is 14.2. The van der Waals surface area contributed by atoms with Gasteiger partial charge in [0.2, 0.25) is 11.9 Å². The van der Waals surface area contributed by atoms with Crippen molar-refractivity contribution >= 4 is 23.6 Å². The number of halogens is 1. The van der Waals surface area contributed by atoms with E-state index in [1.807, 2.05) is 11.5 Å². The molecule has 1 aromatic carbocycles. The van der Waals surface area contributed by atoms with Gasteiger partial charge in [0.25, 0.3) is 0 Å². The van der Waals surface area contributed by atoms with Crippen molar-refractivity contribution in [1.29, 1.82) is 0 Å². The monoisotopic (exact) mass is 379 g/mol. The van der Waals surface area contributed by atoms with E-state index < -0.39 is 0 Å². The summed E-state index contributed by atoms with van der Waals surface area (Å²) in [5.74, 6) is 0.691. The molecule has 0 spiro atoms. The van der Waals surface area contributed by atoms with Crippen LogP contribution >= 0.6 is 11.8 Å². The van der Waals surface area contributed by atoms with Crippen molar-refractivity contribution in [2.45, 2.75) is 25.2 Å². The molecule has 1 amide bonds. The molecule has 0 aliphatic carbocycles. The Labute approximate surface area is 155 Å². The van der Waals surface area contributed by atoms with Gasteiger partial charge >= 0.3 is 0 Å². The molecule has 26 heavy (non-hydrogen) atoms. The van der Waals surface area contributed by atoms with Gasteiger partial charge in [0.15, 0.2) is 5.16 Å². The number of aromatic nitrogens is 3. The van der Waals surface area contributed by atoms with Crippen LogP contribution in [0.4, 0.5) is 10.3 Å². The predicted molar refractivity (Wildman–Crippen MR) is 97.7 cm³/mol. The van der Waals surface area contributed by atoms with Crippen molar-refractivity contribution in [3.8, 4) is 0 Å². The number of amides is 1. The zero-order valence-electron chi connectivity index (χ0n) is 14.7. The number of rotatable bonds is 7. The zero-order valence-corrected chi connectivity index (χ0v) is 15.5. The first kappa shape index (κ1) is 18.7. The van der Waals surface area contributed by atoms with Crippen molar-refractivity contribution in [2.75, 3.05) is 37.0 Å². The minimum Gasteiger partial charge on any atom is -0.378 e. The molecule has 1 aliphatic heterocycles. The summed E-state index contributed by atoms with van der Waals surface area (Å²) >= 11 is 1.36. The highest BCUT2D eigenvalue weighted by Gasteiger charge is 2.20. The highest BCUT2D eigenvalue weighted by atomic mass is 32.2. The van der Waals surface area contributed by atoms with E-state index in [1.54, 1.807) is 12.1 Å². The third kappa shape index (κ3) is 4.73. The quantitative estimate of drug-likeness (QED) is 0.738. The van der Waals surface area contributed by atoms with Gasteiger partial charge in [0.1, 0.15) is 5.82 Å². The first-order valence-electron chi connectivity index (χ1n) is 8.57. The third-order valence-electron chi connectivity index (χ3n) is 4.04. The maximum absolute atomic E-state index is 12.9. The van der Waals surface area contributed by atoms with Gasteiger partial charge in [0, 0.05) is 26.2 Å². The second kappa shape index (κ2) is 9.00. The van der Waals surface area contributed by atoms with Crippen LogP contribution in [0.25, 0.3) is 0 Å². The van der Waals surface area contributed by atoms with E-state index in [4.69, 9.17) is 4.74 Å². The Hall–Kier alpha value is -2.13. The van der Waals surface area contributed by atoms with Crippen LogP contribution in [0.1, 0.15) is 12.5 Å². The second-order valence-corrected chi connectivity index (χ2v) is 6.76. The molecule has 7 nitrogen and oxygen atoms in total. The van der Waals surface area contributed by atoms with Crippen LogP contribution < -0.4 is 10.2 Å². The van der Waals surface area contributed by atoms with Crippen LogP contribution in [0.2, 0.25) is 0 Å². The Bertz CT molecular complexity index is 731. The Morgan fingerprint density at radius 1 is 1.27 bits per heavy atom. The fourth-order valence-electron chi connectivity index (χ4n) is 2.65. The lowest BCUT2D eigenvalue weighted by Gasteiger charge is -2.27. The SMILES string of the molecule is CCn1c(SCC(=O)NCc2ccc(F)cc2)nnc1N1CCOCC1. The number of nitrogens with zero attached hydrogens (tertiary/aromatic N) is 4.